The van der Waals surface area contributed by atoms with Gasteiger partial charge in [0, 0.05) is 11.7 Å². The Bertz CT molecular complexity index is 739. The Morgan fingerprint density at radius 3 is 2.33 bits per heavy atom. The minimum absolute atomic E-state index is 0.0180. The highest BCUT2D eigenvalue weighted by Crippen LogP contribution is 2.23. The Kier molecular flexibility index (Phi) is 4.22. The van der Waals surface area contributed by atoms with Gasteiger partial charge in [0.1, 0.15) is 11.6 Å². The molecule has 0 amide bonds. The molecule has 3 N–H and O–H groups in total. The van der Waals surface area contributed by atoms with Gasteiger partial charge in [0.25, 0.3) is 0 Å². The van der Waals surface area contributed by atoms with Crippen LogP contribution in [0.5, 0.6) is 0 Å². The maximum Gasteiger partial charge on any atom is 0.246 e. The number of hydrogen-bond donors (Lipinski definition) is 2. The van der Waals surface area contributed by atoms with Crippen LogP contribution in [0.15, 0.2) is 17.0 Å². The quantitative estimate of drug-likeness (QED) is 0.775. The maximum absolute atomic E-state index is 13.7. The van der Waals surface area contributed by atoms with E-state index in [2.05, 4.69) is 0 Å². The first-order chi connectivity index (χ1) is 9.61. The predicted octanol–water partition coefficient (Wildman–Crippen LogP) is 0.402. The van der Waals surface area contributed by atoms with Crippen LogP contribution in [0.3, 0.4) is 0 Å². The molecule has 2 rings (SSSR count). The Morgan fingerprint density at radius 2 is 1.81 bits per heavy atom. The van der Waals surface area contributed by atoms with Crippen LogP contribution in [0, 0.1) is 11.6 Å². The molecule has 1 atom stereocenters. The molecule has 1 aromatic rings. The van der Waals surface area contributed by atoms with Gasteiger partial charge in [-0.25, -0.2) is 30.3 Å². The summed E-state index contributed by atoms with van der Waals surface area (Å²) in [4.78, 5) is -1.15. The highest BCUT2D eigenvalue weighted by atomic mass is 32.2. The largest absolute Gasteiger partial charge is 0.399 e. The van der Waals surface area contributed by atoms with Crippen LogP contribution in [0.2, 0.25) is 0 Å². The molecule has 21 heavy (non-hydrogen) atoms. The minimum atomic E-state index is -4.51. The van der Waals surface area contributed by atoms with Crippen LogP contribution >= 0.6 is 0 Å². The lowest BCUT2D eigenvalue weighted by atomic mass is 10.2. The van der Waals surface area contributed by atoms with Crippen LogP contribution in [0.4, 0.5) is 14.5 Å². The van der Waals surface area contributed by atoms with Crippen molar-refractivity contribution in [1.29, 1.82) is 0 Å². The first-order valence-corrected chi connectivity index (χ1v) is 9.38. The summed E-state index contributed by atoms with van der Waals surface area (Å²) in [5.41, 5.74) is 4.97. The monoisotopic (exact) mass is 340 g/mol. The molecule has 1 saturated heterocycles. The molecule has 0 spiro atoms. The molecule has 0 bridgehead atoms. The van der Waals surface area contributed by atoms with Gasteiger partial charge in [-0.15, -0.1) is 0 Å². The second-order valence-corrected chi connectivity index (χ2v) is 8.77. The zero-order valence-electron chi connectivity index (χ0n) is 10.8. The summed E-state index contributed by atoms with van der Waals surface area (Å²) in [5.74, 6) is -3.04. The van der Waals surface area contributed by atoms with Gasteiger partial charge < -0.3 is 5.73 Å². The highest BCUT2D eigenvalue weighted by Gasteiger charge is 2.31. The molecule has 0 aromatic heterocycles. The van der Waals surface area contributed by atoms with Gasteiger partial charge in [0.15, 0.2) is 14.7 Å². The van der Waals surface area contributed by atoms with Crippen molar-refractivity contribution in [3.05, 3.63) is 23.8 Å². The number of anilines is 1. The summed E-state index contributed by atoms with van der Waals surface area (Å²) < 4.78 is 76.4. The molecule has 1 unspecified atom stereocenters. The van der Waals surface area contributed by atoms with E-state index in [0.29, 0.717) is 18.6 Å². The first-order valence-electron chi connectivity index (χ1n) is 6.08. The molecule has 1 aromatic carbocycles. The lowest BCUT2D eigenvalue weighted by Crippen LogP contribution is -2.43. The van der Waals surface area contributed by atoms with Crippen molar-refractivity contribution in [2.45, 2.75) is 23.8 Å². The lowest BCUT2D eigenvalue weighted by Gasteiger charge is -2.23. The maximum atomic E-state index is 13.7. The number of sulfonamides is 1. The summed E-state index contributed by atoms with van der Waals surface area (Å²) in [6, 6.07) is 0.481. The molecule has 1 heterocycles. The third-order valence-corrected chi connectivity index (χ3v) is 6.47. The van der Waals surface area contributed by atoms with E-state index in [1.807, 2.05) is 4.72 Å². The lowest BCUT2D eigenvalue weighted by molar-refractivity contribution is 0.496. The molecule has 1 fully saturated rings. The van der Waals surface area contributed by atoms with Gasteiger partial charge in [-0.3, -0.25) is 0 Å². The van der Waals surface area contributed by atoms with Crippen molar-refractivity contribution in [2.75, 3.05) is 17.2 Å². The normalized spacial score (nSPS) is 22.1. The van der Waals surface area contributed by atoms with E-state index >= 15 is 0 Å². The Balaban J connectivity index is 2.31. The number of nitrogens with one attached hydrogen (secondary N) is 1. The fourth-order valence-corrected chi connectivity index (χ4v) is 5.36. The standard InChI is InChI=1S/C11H14F2N2O4S2/c12-9-4-7(14)5-10(13)11(9)21(18,19)15-8-2-1-3-20(16,17)6-8/h4-5,8,15H,1-3,6,14H2. The average Bonchev–Trinajstić information content (AvgIpc) is 2.23. The molecule has 0 aliphatic carbocycles. The summed E-state index contributed by atoms with van der Waals surface area (Å²) in [6.07, 6.45) is 0.582. The van der Waals surface area contributed by atoms with E-state index in [1.54, 1.807) is 0 Å². The number of sulfone groups is 1. The van der Waals surface area contributed by atoms with E-state index in [-0.39, 0.29) is 23.6 Å². The molecule has 10 heteroatoms. The Morgan fingerprint density at radius 1 is 1.24 bits per heavy atom. The van der Waals surface area contributed by atoms with Crippen molar-refractivity contribution in [1.82, 2.24) is 4.72 Å². The summed E-state index contributed by atoms with van der Waals surface area (Å²) in [6.45, 7) is 0. The smallest absolute Gasteiger partial charge is 0.246 e. The zero-order valence-corrected chi connectivity index (χ0v) is 12.5. The van der Waals surface area contributed by atoms with E-state index in [4.69, 9.17) is 5.73 Å². The SMILES string of the molecule is Nc1cc(F)c(S(=O)(=O)NC2CCCS(=O)(=O)C2)c(F)c1. The van der Waals surface area contributed by atoms with Crippen molar-refractivity contribution < 1.29 is 25.6 Å². The Labute approximate surface area is 121 Å². The van der Waals surface area contributed by atoms with Gasteiger partial charge in [-0.2, -0.15) is 0 Å². The van der Waals surface area contributed by atoms with Gasteiger partial charge in [-0.1, -0.05) is 0 Å². The molecule has 118 valence electrons. The van der Waals surface area contributed by atoms with Crippen molar-refractivity contribution in [2.24, 2.45) is 0 Å². The number of rotatable bonds is 3. The fraction of sp³-hybridized carbons (Fsp3) is 0.455. The molecule has 0 saturated carbocycles. The molecule has 1 aliphatic rings. The summed E-state index contributed by atoms with van der Waals surface area (Å²) in [5, 5.41) is 0. The average molecular weight is 340 g/mol. The highest BCUT2D eigenvalue weighted by molar-refractivity contribution is 7.91. The van der Waals surface area contributed by atoms with Crippen molar-refractivity contribution in [3.63, 3.8) is 0 Å². The van der Waals surface area contributed by atoms with E-state index < -0.39 is 42.4 Å². The second kappa shape index (κ2) is 5.50. The van der Waals surface area contributed by atoms with E-state index in [1.165, 1.54) is 0 Å². The van der Waals surface area contributed by atoms with Gasteiger partial charge >= 0.3 is 0 Å². The summed E-state index contributed by atoms with van der Waals surface area (Å²) in [7, 11) is -7.86. The van der Waals surface area contributed by atoms with Gasteiger partial charge in [0.2, 0.25) is 10.0 Å². The predicted molar refractivity (Wildman–Crippen MR) is 72.8 cm³/mol. The number of hydrogen-bond acceptors (Lipinski definition) is 5. The molecule has 0 radical (unpaired) electrons. The number of nitrogen functional groups attached to an aromatic ring is 1. The zero-order chi connectivity index (χ0) is 15.8. The van der Waals surface area contributed by atoms with E-state index in [9.17, 15) is 25.6 Å². The van der Waals surface area contributed by atoms with Gasteiger partial charge in [-0.05, 0) is 25.0 Å². The summed E-state index contributed by atoms with van der Waals surface area (Å²) >= 11 is 0. The van der Waals surface area contributed by atoms with Crippen molar-refractivity contribution >= 4 is 25.5 Å². The molecule has 1 aliphatic heterocycles. The topological polar surface area (TPSA) is 106 Å². The third-order valence-electron chi connectivity index (χ3n) is 3.07. The number of benzene rings is 1. The van der Waals surface area contributed by atoms with Crippen molar-refractivity contribution in [3.8, 4) is 0 Å². The third kappa shape index (κ3) is 3.69. The van der Waals surface area contributed by atoms with Gasteiger partial charge in [0.05, 0.1) is 11.5 Å². The van der Waals surface area contributed by atoms with Crippen LogP contribution < -0.4 is 10.5 Å². The van der Waals surface area contributed by atoms with E-state index in [0.717, 1.165) is 0 Å². The minimum Gasteiger partial charge on any atom is -0.399 e. The van der Waals surface area contributed by atoms with Crippen LogP contribution in [-0.4, -0.2) is 34.4 Å². The fourth-order valence-electron chi connectivity index (χ4n) is 2.23. The van der Waals surface area contributed by atoms with Crippen LogP contribution in [-0.2, 0) is 19.9 Å². The van der Waals surface area contributed by atoms with Crippen LogP contribution in [0.25, 0.3) is 0 Å². The number of halogens is 2. The molecular weight excluding hydrogens is 326 g/mol. The second-order valence-electron chi connectivity index (χ2n) is 4.89. The number of nitrogens with two attached hydrogens (primary N) is 1. The van der Waals surface area contributed by atoms with Crippen LogP contribution in [0.1, 0.15) is 12.8 Å². The first kappa shape index (κ1) is 16.1. The molecular formula is C11H14F2N2O4S2. The molecule has 6 nitrogen and oxygen atoms in total. The Hall–Kier alpha value is -1.26.